The number of aryl methyl sites for hydroxylation is 1. The molecular weight excluding hydrogens is 413 g/mol. The standard InChI is InChI=1S/C21H19ClFN3O2S/c1-13-6-7-17(11-18(13)22)26-20(27)9-8-19(25-26)29-14(2)21(28)24-12-15-4-3-5-16(23)10-15/h3-11,14H,12H2,1-2H3,(H,24,28)/t14-/m1/s1. The molecule has 2 aromatic carbocycles. The normalized spacial score (nSPS) is 11.9. The Balaban J connectivity index is 1.70. The Morgan fingerprint density at radius 3 is 2.76 bits per heavy atom. The highest BCUT2D eigenvalue weighted by molar-refractivity contribution is 8.00. The van der Waals surface area contributed by atoms with Crippen LogP contribution >= 0.6 is 23.4 Å². The Labute approximate surface area is 176 Å². The zero-order chi connectivity index (χ0) is 21.0. The zero-order valence-corrected chi connectivity index (χ0v) is 17.4. The summed E-state index contributed by atoms with van der Waals surface area (Å²) in [5, 5.41) is 7.73. The lowest BCUT2D eigenvalue weighted by atomic mass is 10.2. The van der Waals surface area contributed by atoms with Crippen molar-refractivity contribution in [2.24, 2.45) is 0 Å². The first kappa shape index (κ1) is 21.1. The second-order valence-electron chi connectivity index (χ2n) is 6.46. The lowest BCUT2D eigenvalue weighted by Crippen LogP contribution is -2.30. The molecule has 0 saturated carbocycles. The fourth-order valence-electron chi connectivity index (χ4n) is 2.57. The first-order valence-corrected chi connectivity index (χ1v) is 10.1. The number of thioether (sulfide) groups is 1. The Morgan fingerprint density at radius 1 is 1.24 bits per heavy atom. The second-order valence-corrected chi connectivity index (χ2v) is 8.23. The Morgan fingerprint density at radius 2 is 2.03 bits per heavy atom. The summed E-state index contributed by atoms with van der Waals surface area (Å²) in [7, 11) is 0. The maximum absolute atomic E-state index is 13.2. The third-order valence-corrected chi connectivity index (χ3v) is 5.63. The molecule has 0 spiro atoms. The quantitative estimate of drug-likeness (QED) is 0.596. The molecule has 5 nitrogen and oxygen atoms in total. The summed E-state index contributed by atoms with van der Waals surface area (Å²) in [5.74, 6) is -0.556. The van der Waals surface area contributed by atoms with Crippen LogP contribution < -0.4 is 10.9 Å². The number of carbonyl (C=O) groups is 1. The van der Waals surface area contributed by atoms with Gasteiger partial charge in [-0.2, -0.15) is 9.78 Å². The first-order valence-electron chi connectivity index (χ1n) is 8.89. The van der Waals surface area contributed by atoms with Crippen LogP contribution in [0, 0.1) is 12.7 Å². The van der Waals surface area contributed by atoms with E-state index in [1.165, 1.54) is 34.6 Å². The van der Waals surface area contributed by atoms with Gasteiger partial charge in [-0.25, -0.2) is 4.39 Å². The first-order chi connectivity index (χ1) is 13.8. The van der Waals surface area contributed by atoms with Gasteiger partial charge in [0.15, 0.2) is 0 Å². The molecule has 0 saturated heterocycles. The summed E-state index contributed by atoms with van der Waals surface area (Å²) in [6, 6.07) is 14.3. The maximum Gasteiger partial charge on any atom is 0.271 e. The minimum atomic E-state index is -0.455. The van der Waals surface area contributed by atoms with Crippen molar-refractivity contribution in [3.8, 4) is 5.69 Å². The zero-order valence-electron chi connectivity index (χ0n) is 15.9. The lowest BCUT2D eigenvalue weighted by Gasteiger charge is -2.13. The Kier molecular flexibility index (Phi) is 6.71. The van der Waals surface area contributed by atoms with Gasteiger partial charge in [0.2, 0.25) is 5.91 Å². The molecule has 3 aromatic rings. The van der Waals surface area contributed by atoms with E-state index in [2.05, 4.69) is 10.4 Å². The van der Waals surface area contributed by atoms with Crippen molar-refractivity contribution in [2.75, 3.05) is 0 Å². The number of carbonyl (C=O) groups excluding carboxylic acids is 1. The van der Waals surface area contributed by atoms with Gasteiger partial charge in [0.1, 0.15) is 10.8 Å². The summed E-state index contributed by atoms with van der Waals surface area (Å²) in [5.41, 5.74) is 1.84. The minimum Gasteiger partial charge on any atom is -0.351 e. The highest BCUT2D eigenvalue weighted by Gasteiger charge is 2.16. The summed E-state index contributed by atoms with van der Waals surface area (Å²) in [6.07, 6.45) is 0. The summed E-state index contributed by atoms with van der Waals surface area (Å²) >= 11 is 7.38. The van der Waals surface area contributed by atoms with Gasteiger partial charge in [0, 0.05) is 17.6 Å². The van der Waals surface area contributed by atoms with Crippen LogP contribution in [0.1, 0.15) is 18.1 Å². The van der Waals surface area contributed by atoms with Crippen molar-refractivity contribution in [1.82, 2.24) is 15.1 Å². The van der Waals surface area contributed by atoms with Gasteiger partial charge in [-0.15, -0.1) is 0 Å². The van der Waals surface area contributed by atoms with E-state index in [0.717, 1.165) is 5.56 Å². The van der Waals surface area contributed by atoms with E-state index < -0.39 is 5.25 Å². The van der Waals surface area contributed by atoms with E-state index in [0.29, 0.717) is 21.3 Å². The molecule has 1 amide bonds. The molecule has 0 fully saturated rings. The van der Waals surface area contributed by atoms with Gasteiger partial charge in [-0.05, 0) is 55.3 Å². The van der Waals surface area contributed by atoms with Crippen molar-refractivity contribution in [3.05, 3.63) is 86.9 Å². The van der Waals surface area contributed by atoms with Crippen LogP contribution in [0.3, 0.4) is 0 Å². The second kappa shape index (κ2) is 9.24. The largest absolute Gasteiger partial charge is 0.351 e. The third-order valence-electron chi connectivity index (χ3n) is 4.20. The Hall–Kier alpha value is -2.64. The number of halogens is 2. The van der Waals surface area contributed by atoms with Crippen LogP contribution in [0.2, 0.25) is 5.02 Å². The molecule has 8 heteroatoms. The number of nitrogens with zero attached hydrogens (tertiary/aromatic N) is 2. The molecule has 1 N–H and O–H groups in total. The molecule has 0 bridgehead atoms. The van der Waals surface area contributed by atoms with Crippen molar-refractivity contribution in [1.29, 1.82) is 0 Å². The number of nitrogens with one attached hydrogen (secondary N) is 1. The minimum absolute atomic E-state index is 0.211. The number of hydrogen-bond acceptors (Lipinski definition) is 4. The van der Waals surface area contributed by atoms with Crippen molar-refractivity contribution in [2.45, 2.75) is 30.7 Å². The van der Waals surface area contributed by atoms with Crippen LogP contribution in [0.15, 0.2) is 64.4 Å². The van der Waals surface area contributed by atoms with Gasteiger partial charge >= 0.3 is 0 Å². The van der Waals surface area contributed by atoms with Crippen LogP contribution in [-0.4, -0.2) is 20.9 Å². The molecular formula is C21H19ClFN3O2S. The van der Waals surface area contributed by atoms with E-state index in [9.17, 15) is 14.0 Å². The van der Waals surface area contributed by atoms with E-state index in [1.54, 1.807) is 37.3 Å². The summed E-state index contributed by atoms with van der Waals surface area (Å²) < 4.78 is 14.5. The maximum atomic E-state index is 13.2. The Bertz CT molecular complexity index is 1100. The SMILES string of the molecule is Cc1ccc(-n2nc(S[C@H](C)C(=O)NCc3cccc(F)c3)ccc2=O)cc1Cl. The van der Waals surface area contributed by atoms with Crippen LogP contribution in [0.25, 0.3) is 5.69 Å². The number of hydrogen-bond donors (Lipinski definition) is 1. The highest BCUT2D eigenvalue weighted by atomic mass is 35.5. The molecule has 0 aliphatic rings. The van der Waals surface area contributed by atoms with Crippen molar-refractivity contribution < 1.29 is 9.18 Å². The summed E-state index contributed by atoms with van der Waals surface area (Å²) in [4.78, 5) is 24.6. The predicted molar refractivity (Wildman–Crippen MR) is 113 cm³/mol. The van der Waals surface area contributed by atoms with Crippen molar-refractivity contribution >= 4 is 29.3 Å². The molecule has 1 aromatic heterocycles. The van der Waals surface area contributed by atoms with E-state index in [-0.39, 0.29) is 23.8 Å². The fraction of sp³-hybridized carbons (Fsp3) is 0.190. The molecule has 29 heavy (non-hydrogen) atoms. The lowest BCUT2D eigenvalue weighted by molar-refractivity contribution is -0.120. The van der Waals surface area contributed by atoms with Gasteiger partial charge in [0.25, 0.3) is 5.56 Å². The third kappa shape index (κ3) is 5.46. The average molecular weight is 432 g/mol. The van der Waals surface area contributed by atoms with Crippen LogP contribution in [0.4, 0.5) is 4.39 Å². The van der Waals surface area contributed by atoms with E-state index >= 15 is 0 Å². The van der Waals surface area contributed by atoms with Crippen LogP contribution in [0.5, 0.6) is 0 Å². The molecule has 1 heterocycles. The van der Waals surface area contributed by atoms with Gasteiger partial charge in [-0.1, -0.05) is 41.6 Å². The van der Waals surface area contributed by atoms with Crippen molar-refractivity contribution in [3.63, 3.8) is 0 Å². The van der Waals surface area contributed by atoms with Crippen LogP contribution in [-0.2, 0) is 11.3 Å². The fourth-order valence-corrected chi connectivity index (χ4v) is 3.57. The molecule has 0 unspecified atom stereocenters. The molecule has 150 valence electrons. The number of benzene rings is 2. The molecule has 0 aliphatic carbocycles. The smallest absolute Gasteiger partial charge is 0.271 e. The predicted octanol–water partition coefficient (Wildman–Crippen LogP) is 4.13. The summed E-state index contributed by atoms with van der Waals surface area (Å²) in [6.45, 7) is 3.85. The van der Waals surface area contributed by atoms with Gasteiger partial charge in [-0.3, -0.25) is 9.59 Å². The van der Waals surface area contributed by atoms with Gasteiger partial charge < -0.3 is 5.32 Å². The molecule has 0 radical (unpaired) electrons. The monoisotopic (exact) mass is 431 g/mol. The van der Waals surface area contributed by atoms with Gasteiger partial charge in [0.05, 0.1) is 10.9 Å². The molecule has 0 aliphatic heterocycles. The number of amides is 1. The highest BCUT2D eigenvalue weighted by Crippen LogP contribution is 2.22. The van der Waals surface area contributed by atoms with E-state index in [4.69, 9.17) is 11.6 Å². The molecule has 3 rings (SSSR count). The average Bonchev–Trinajstić information content (AvgIpc) is 2.69. The van der Waals surface area contributed by atoms with E-state index in [1.807, 2.05) is 13.0 Å². The topological polar surface area (TPSA) is 64.0 Å². The number of aromatic nitrogens is 2. The number of rotatable bonds is 6. The molecule has 1 atom stereocenters.